The maximum absolute atomic E-state index is 13.2. The second-order valence-corrected chi connectivity index (χ2v) is 8.08. The summed E-state index contributed by atoms with van der Waals surface area (Å²) in [5.41, 5.74) is -0.302. The first-order valence-electron chi connectivity index (χ1n) is 8.60. The van der Waals surface area contributed by atoms with E-state index in [0.29, 0.717) is 11.4 Å². The number of nitrogens with zero attached hydrogens (tertiary/aromatic N) is 1. The van der Waals surface area contributed by atoms with Crippen LogP contribution in [0.1, 0.15) is 11.1 Å². The average Bonchev–Trinajstić information content (AvgIpc) is 2.72. The number of hydrogen-bond acceptors (Lipinski definition) is 3. The van der Waals surface area contributed by atoms with Gasteiger partial charge in [0.2, 0.25) is 0 Å². The molecule has 0 aliphatic heterocycles. The van der Waals surface area contributed by atoms with Crippen LogP contribution in [-0.4, -0.2) is 15.5 Å². The van der Waals surface area contributed by atoms with Gasteiger partial charge in [-0.3, -0.25) is 4.31 Å². The Morgan fingerprint density at radius 3 is 2.14 bits per heavy atom. The molecule has 0 aliphatic carbocycles. The maximum atomic E-state index is 13.2. The van der Waals surface area contributed by atoms with Gasteiger partial charge < -0.3 is 4.74 Å². The summed E-state index contributed by atoms with van der Waals surface area (Å²) < 4.78 is 71.9. The molecule has 0 fully saturated rings. The largest absolute Gasteiger partial charge is 0.497 e. The maximum Gasteiger partial charge on any atom is 0.416 e. The van der Waals surface area contributed by atoms with Gasteiger partial charge in [-0.05, 0) is 54.1 Å². The van der Waals surface area contributed by atoms with Gasteiger partial charge in [0.15, 0.2) is 0 Å². The van der Waals surface area contributed by atoms with Gasteiger partial charge in [-0.25, -0.2) is 8.42 Å². The molecule has 152 valence electrons. The summed E-state index contributed by atoms with van der Waals surface area (Å²) in [5.74, 6) is 0.532. The van der Waals surface area contributed by atoms with Crippen LogP contribution >= 0.6 is 0 Å². The van der Waals surface area contributed by atoms with Crippen LogP contribution in [-0.2, 0) is 22.7 Å². The highest BCUT2D eigenvalue weighted by Crippen LogP contribution is 2.32. The molecule has 0 heterocycles. The predicted octanol–water partition coefficient (Wildman–Crippen LogP) is 5.11. The van der Waals surface area contributed by atoms with Crippen LogP contribution in [0.5, 0.6) is 5.75 Å². The SMILES string of the molecule is COc1ccc(N(Cc2cccc(C(F)(F)F)c2)S(=O)(=O)c2ccccc2)cc1. The number of rotatable bonds is 6. The van der Waals surface area contributed by atoms with Gasteiger partial charge in [-0.15, -0.1) is 0 Å². The Kier molecular flexibility index (Phi) is 5.83. The molecule has 3 aromatic carbocycles. The number of anilines is 1. The molecule has 0 saturated heterocycles. The van der Waals surface area contributed by atoms with Crippen molar-refractivity contribution in [3.8, 4) is 5.75 Å². The predicted molar refractivity (Wildman–Crippen MR) is 104 cm³/mol. The summed E-state index contributed by atoms with van der Waals surface area (Å²) in [7, 11) is -2.53. The minimum atomic E-state index is -4.51. The molecule has 8 heteroatoms. The standard InChI is InChI=1S/C21H18F3NO3S/c1-28-19-12-10-18(11-13-19)25(29(26,27)20-8-3-2-4-9-20)15-16-6-5-7-17(14-16)21(22,23)24/h2-14H,15H2,1H3. The molecule has 3 aromatic rings. The van der Waals surface area contributed by atoms with Gasteiger partial charge >= 0.3 is 6.18 Å². The van der Waals surface area contributed by atoms with E-state index >= 15 is 0 Å². The van der Waals surface area contributed by atoms with E-state index < -0.39 is 21.8 Å². The molecule has 0 N–H and O–H groups in total. The molecule has 0 saturated carbocycles. The van der Waals surface area contributed by atoms with Crippen LogP contribution in [0.4, 0.5) is 18.9 Å². The van der Waals surface area contributed by atoms with E-state index in [9.17, 15) is 21.6 Å². The second kappa shape index (κ2) is 8.16. The number of benzene rings is 3. The monoisotopic (exact) mass is 421 g/mol. The molecule has 3 rings (SSSR count). The first-order chi connectivity index (χ1) is 13.7. The number of methoxy groups -OCH3 is 1. The van der Waals surface area contributed by atoms with Crippen LogP contribution < -0.4 is 9.04 Å². The van der Waals surface area contributed by atoms with Gasteiger partial charge in [-0.1, -0.05) is 30.3 Å². The molecular formula is C21H18F3NO3S. The van der Waals surface area contributed by atoms with Crippen LogP contribution in [0.25, 0.3) is 0 Å². The Morgan fingerprint density at radius 1 is 0.897 bits per heavy atom. The summed E-state index contributed by atoms with van der Waals surface area (Å²) in [6.07, 6.45) is -4.51. The van der Waals surface area contributed by atoms with E-state index in [1.807, 2.05) is 0 Å². The lowest BCUT2D eigenvalue weighted by molar-refractivity contribution is -0.137. The van der Waals surface area contributed by atoms with Crippen LogP contribution in [0.3, 0.4) is 0 Å². The Bertz CT molecular complexity index is 1070. The zero-order valence-corrected chi connectivity index (χ0v) is 16.2. The summed E-state index contributed by atoms with van der Waals surface area (Å²) >= 11 is 0. The van der Waals surface area contributed by atoms with Crippen LogP contribution in [0.2, 0.25) is 0 Å². The first-order valence-corrected chi connectivity index (χ1v) is 10.0. The van der Waals surface area contributed by atoms with Crippen molar-refractivity contribution in [2.24, 2.45) is 0 Å². The van der Waals surface area contributed by atoms with Gasteiger partial charge in [0, 0.05) is 0 Å². The molecule has 4 nitrogen and oxygen atoms in total. The lowest BCUT2D eigenvalue weighted by Crippen LogP contribution is -2.30. The molecule has 0 aliphatic rings. The van der Waals surface area contributed by atoms with Crippen LogP contribution in [0.15, 0.2) is 83.8 Å². The van der Waals surface area contributed by atoms with E-state index in [0.717, 1.165) is 16.4 Å². The highest BCUT2D eigenvalue weighted by molar-refractivity contribution is 7.92. The fraction of sp³-hybridized carbons (Fsp3) is 0.143. The van der Waals surface area contributed by atoms with E-state index in [4.69, 9.17) is 4.74 Å². The minimum absolute atomic E-state index is 0.0443. The third-order valence-corrected chi connectivity index (χ3v) is 6.06. The van der Waals surface area contributed by atoms with Crippen molar-refractivity contribution in [1.29, 1.82) is 0 Å². The number of ether oxygens (including phenoxy) is 1. The van der Waals surface area contributed by atoms with Gasteiger partial charge in [0.05, 0.1) is 29.8 Å². The third kappa shape index (κ3) is 4.71. The number of hydrogen-bond donors (Lipinski definition) is 0. The van der Waals surface area contributed by atoms with Gasteiger partial charge in [-0.2, -0.15) is 13.2 Å². The topological polar surface area (TPSA) is 46.6 Å². The lowest BCUT2D eigenvalue weighted by atomic mass is 10.1. The van der Waals surface area contributed by atoms with Crippen molar-refractivity contribution in [3.05, 3.63) is 90.0 Å². The van der Waals surface area contributed by atoms with Crippen LogP contribution in [0, 0.1) is 0 Å². The number of sulfonamides is 1. The van der Waals surface area contributed by atoms with Crippen molar-refractivity contribution in [3.63, 3.8) is 0 Å². The first kappa shape index (κ1) is 20.7. The number of halogens is 3. The molecular weight excluding hydrogens is 403 g/mol. The lowest BCUT2D eigenvalue weighted by Gasteiger charge is -2.25. The highest BCUT2D eigenvalue weighted by atomic mass is 32.2. The average molecular weight is 421 g/mol. The van der Waals surface area contributed by atoms with E-state index in [1.165, 1.54) is 31.4 Å². The second-order valence-electron chi connectivity index (χ2n) is 6.22. The molecule has 0 unspecified atom stereocenters. The van der Waals surface area contributed by atoms with Crippen molar-refractivity contribution in [2.75, 3.05) is 11.4 Å². The smallest absolute Gasteiger partial charge is 0.416 e. The Hall–Kier alpha value is -3.00. The molecule has 0 spiro atoms. The summed E-state index contributed by atoms with van der Waals surface area (Å²) in [4.78, 5) is 0.0443. The zero-order valence-electron chi connectivity index (χ0n) is 15.4. The summed E-state index contributed by atoms with van der Waals surface area (Å²) in [6, 6.07) is 18.7. The summed E-state index contributed by atoms with van der Waals surface area (Å²) in [5, 5.41) is 0. The molecule has 0 radical (unpaired) electrons. The van der Waals surface area contributed by atoms with Gasteiger partial charge in [0.1, 0.15) is 5.75 Å². The Labute approximate surface area is 167 Å². The molecule has 0 bridgehead atoms. The Balaban J connectivity index is 2.06. The van der Waals surface area contributed by atoms with Crippen molar-refractivity contribution in [1.82, 2.24) is 0 Å². The summed E-state index contributed by atoms with van der Waals surface area (Å²) in [6.45, 7) is -0.256. The molecule has 0 atom stereocenters. The molecule has 0 aromatic heterocycles. The van der Waals surface area contributed by atoms with E-state index in [2.05, 4.69) is 0 Å². The number of alkyl halides is 3. The third-order valence-electron chi connectivity index (χ3n) is 4.27. The van der Waals surface area contributed by atoms with Gasteiger partial charge in [0.25, 0.3) is 10.0 Å². The fourth-order valence-electron chi connectivity index (χ4n) is 2.80. The van der Waals surface area contributed by atoms with Crippen molar-refractivity contribution < 1.29 is 26.3 Å². The molecule has 0 amide bonds. The van der Waals surface area contributed by atoms with E-state index in [1.54, 1.807) is 42.5 Å². The van der Waals surface area contributed by atoms with Crippen molar-refractivity contribution >= 4 is 15.7 Å². The molecule has 29 heavy (non-hydrogen) atoms. The van der Waals surface area contributed by atoms with Crippen molar-refractivity contribution in [2.45, 2.75) is 17.6 Å². The minimum Gasteiger partial charge on any atom is -0.497 e. The van der Waals surface area contributed by atoms with E-state index in [-0.39, 0.29) is 17.0 Å². The Morgan fingerprint density at radius 2 is 1.55 bits per heavy atom. The normalized spacial score (nSPS) is 11.9. The highest BCUT2D eigenvalue weighted by Gasteiger charge is 2.31. The fourth-order valence-corrected chi connectivity index (χ4v) is 4.27. The quantitative estimate of drug-likeness (QED) is 0.556. The zero-order chi connectivity index (χ0) is 21.1.